The molecule has 2 aliphatic rings. The molecule has 0 bridgehead atoms. The van der Waals surface area contributed by atoms with Gasteiger partial charge in [-0.1, -0.05) is 11.6 Å². The highest BCUT2D eigenvalue weighted by Crippen LogP contribution is 2.38. The first-order valence-electron chi connectivity index (χ1n) is 13.7. The maximum atomic E-state index is 11.7. The van der Waals surface area contributed by atoms with Crippen molar-refractivity contribution in [2.24, 2.45) is 23.3 Å². The number of hydrogen-bond donors (Lipinski definition) is 4. The number of amides is 2. The zero-order chi connectivity index (χ0) is 28.1. The van der Waals surface area contributed by atoms with E-state index in [9.17, 15) is 9.59 Å². The maximum Gasteiger partial charge on any atom is 0.229 e. The number of carbonyl (C=O) groups is 2. The first-order chi connectivity index (χ1) is 18.6. The molecule has 10 nitrogen and oxygen atoms in total. The molecule has 2 saturated heterocycles. The average molecular weight is 558 g/mol. The summed E-state index contributed by atoms with van der Waals surface area (Å²) in [6.45, 7) is 9.26. The number of primary amides is 2. The minimum Gasteiger partial charge on any atom is -0.489 e. The number of carbonyl (C=O) groups excluding carboxylic acids is 2. The number of hydrogen-bond acceptors (Lipinski definition) is 8. The van der Waals surface area contributed by atoms with Crippen molar-refractivity contribution in [3.8, 4) is 5.75 Å². The normalized spacial score (nSPS) is 20.2. The highest BCUT2D eigenvalue weighted by molar-refractivity contribution is 6.32. The Hall–Kier alpha value is -3.11. The zero-order valence-corrected chi connectivity index (χ0v) is 23.8. The number of nitrogens with one attached hydrogen (secondary N) is 2. The van der Waals surface area contributed by atoms with Gasteiger partial charge in [0.2, 0.25) is 17.8 Å². The fourth-order valence-corrected chi connectivity index (χ4v) is 6.05. The number of ether oxygens (including phenoxy) is 1. The molecule has 1 aromatic carbocycles. The molecule has 3 heterocycles. The number of anilines is 3. The fourth-order valence-electron chi connectivity index (χ4n) is 5.84. The topological polar surface area (TPSA) is 148 Å². The number of benzene rings is 1. The Bertz CT molecular complexity index is 1160. The Balaban J connectivity index is 1.62. The Morgan fingerprint density at radius 3 is 2.38 bits per heavy atom. The van der Waals surface area contributed by atoms with E-state index in [2.05, 4.69) is 34.7 Å². The van der Waals surface area contributed by atoms with E-state index in [1.54, 1.807) is 6.20 Å². The summed E-state index contributed by atoms with van der Waals surface area (Å²) >= 11 is 6.56. The molecule has 11 heteroatoms. The zero-order valence-electron chi connectivity index (χ0n) is 23.0. The van der Waals surface area contributed by atoms with Crippen LogP contribution in [-0.2, 0) is 9.59 Å². The standard InChI is InChI=1S/C28H40ClN7O3/c1-16(2)39-24-12-21(20-4-6-32-7-5-20)17(3)8-23(24)34-28-33-13-22(29)27(35-28)36-14-18(10-25(30)37)9-19(15-36)11-26(31)38/h8,12-13,16,18-20,32H,4-7,9-11,14-15H2,1-3H3,(H2,30,37)(H2,31,38)(H,33,34,35)/t18-,19+. The van der Waals surface area contributed by atoms with Gasteiger partial charge in [0.1, 0.15) is 10.8 Å². The summed E-state index contributed by atoms with van der Waals surface area (Å²) in [5.74, 6) is 1.35. The van der Waals surface area contributed by atoms with Crippen molar-refractivity contribution in [1.82, 2.24) is 15.3 Å². The van der Waals surface area contributed by atoms with Crippen LogP contribution in [0.25, 0.3) is 0 Å². The van der Waals surface area contributed by atoms with Gasteiger partial charge >= 0.3 is 0 Å². The SMILES string of the molecule is Cc1cc(Nc2ncc(Cl)c(N3C[C@H](CC(N)=O)C[C@H](CC(N)=O)C3)n2)c(OC(C)C)cc1C1CCNCC1. The van der Waals surface area contributed by atoms with Gasteiger partial charge in [0.05, 0.1) is 18.0 Å². The van der Waals surface area contributed by atoms with E-state index in [1.165, 1.54) is 11.1 Å². The summed E-state index contributed by atoms with van der Waals surface area (Å²) in [6.07, 6.45) is 4.88. The van der Waals surface area contributed by atoms with Crippen LogP contribution in [-0.4, -0.2) is 54.1 Å². The van der Waals surface area contributed by atoms with Crippen molar-refractivity contribution >= 4 is 40.9 Å². The number of nitrogens with zero attached hydrogens (tertiary/aromatic N) is 3. The van der Waals surface area contributed by atoms with Crippen molar-refractivity contribution in [2.75, 3.05) is 36.4 Å². The minimum atomic E-state index is -0.378. The third-order valence-electron chi connectivity index (χ3n) is 7.39. The van der Waals surface area contributed by atoms with Crippen LogP contribution in [0.3, 0.4) is 0 Å². The number of rotatable bonds is 10. The Kier molecular flexibility index (Phi) is 9.50. The fraction of sp³-hybridized carbons (Fsp3) is 0.571. The predicted octanol–water partition coefficient (Wildman–Crippen LogP) is 3.63. The van der Waals surface area contributed by atoms with Gasteiger partial charge in [0.25, 0.3) is 0 Å². The lowest BCUT2D eigenvalue weighted by Gasteiger charge is -2.38. The Labute approximate surface area is 235 Å². The third-order valence-corrected chi connectivity index (χ3v) is 7.65. The number of piperidine rings is 2. The van der Waals surface area contributed by atoms with E-state index in [0.29, 0.717) is 42.2 Å². The van der Waals surface area contributed by atoms with E-state index < -0.39 is 0 Å². The van der Waals surface area contributed by atoms with Crippen molar-refractivity contribution in [3.05, 3.63) is 34.5 Å². The smallest absolute Gasteiger partial charge is 0.229 e. The molecular weight excluding hydrogens is 518 g/mol. The van der Waals surface area contributed by atoms with Crippen molar-refractivity contribution < 1.29 is 14.3 Å². The van der Waals surface area contributed by atoms with E-state index in [0.717, 1.165) is 37.4 Å². The van der Waals surface area contributed by atoms with Crippen LogP contribution in [0.4, 0.5) is 17.5 Å². The highest BCUT2D eigenvalue weighted by Gasteiger charge is 2.31. The van der Waals surface area contributed by atoms with E-state index in [4.69, 9.17) is 32.8 Å². The summed E-state index contributed by atoms with van der Waals surface area (Å²) in [6, 6.07) is 4.25. The highest BCUT2D eigenvalue weighted by atomic mass is 35.5. The summed E-state index contributed by atoms with van der Waals surface area (Å²) in [5.41, 5.74) is 14.3. The second-order valence-corrected chi connectivity index (χ2v) is 11.5. The van der Waals surface area contributed by atoms with Gasteiger partial charge in [-0.05, 0) is 94.1 Å². The van der Waals surface area contributed by atoms with Gasteiger partial charge in [-0.2, -0.15) is 4.98 Å². The number of halogens is 1. The second-order valence-electron chi connectivity index (χ2n) is 11.1. The summed E-state index contributed by atoms with van der Waals surface area (Å²) in [4.78, 5) is 34.5. The van der Waals surface area contributed by atoms with Crippen molar-refractivity contribution in [3.63, 3.8) is 0 Å². The molecular formula is C28H40ClN7O3. The van der Waals surface area contributed by atoms with Crippen LogP contribution in [0, 0.1) is 18.8 Å². The molecule has 1 aromatic heterocycles. The van der Waals surface area contributed by atoms with E-state index in [1.807, 2.05) is 18.7 Å². The third kappa shape index (κ3) is 7.73. The molecule has 2 fully saturated rings. The quantitative estimate of drug-likeness (QED) is 0.346. The molecule has 2 amide bonds. The summed E-state index contributed by atoms with van der Waals surface area (Å²) in [7, 11) is 0. The number of nitrogens with two attached hydrogens (primary N) is 2. The predicted molar refractivity (Wildman–Crippen MR) is 154 cm³/mol. The molecule has 39 heavy (non-hydrogen) atoms. The van der Waals surface area contributed by atoms with Gasteiger partial charge < -0.3 is 31.7 Å². The minimum absolute atomic E-state index is 0.00597. The second kappa shape index (κ2) is 12.8. The van der Waals surface area contributed by atoms with Crippen LogP contribution in [0.2, 0.25) is 5.02 Å². The lowest BCUT2D eigenvalue weighted by atomic mass is 9.85. The maximum absolute atomic E-state index is 11.7. The van der Waals surface area contributed by atoms with Crippen LogP contribution >= 0.6 is 11.6 Å². The van der Waals surface area contributed by atoms with Crippen molar-refractivity contribution in [1.29, 1.82) is 0 Å². The van der Waals surface area contributed by atoms with Crippen LogP contribution < -0.4 is 31.7 Å². The summed E-state index contributed by atoms with van der Waals surface area (Å²) < 4.78 is 6.22. The lowest BCUT2D eigenvalue weighted by molar-refractivity contribution is -0.119. The molecule has 4 rings (SSSR count). The molecule has 2 atom stereocenters. The summed E-state index contributed by atoms with van der Waals surface area (Å²) in [5, 5.41) is 7.17. The molecule has 0 spiro atoms. The van der Waals surface area contributed by atoms with Gasteiger partial charge in [-0.15, -0.1) is 0 Å². The average Bonchev–Trinajstić information content (AvgIpc) is 2.86. The molecule has 0 aliphatic carbocycles. The van der Waals surface area contributed by atoms with Crippen LogP contribution in [0.1, 0.15) is 63.0 Å². The lowest BCUT2D eigenvalue weighted by Crippen LogP contribution is -2.43. The van der Waals surface area contributed by atoms with Gasteiger partial charge in [-0.25, -0.2) is 4.98 Å². The molecule has 2 aromatic rings. The number of aryl methyl sites for hydroxylation is 1. The first-order valence-corrected chi connectivity index (χ1v) is 14.1. The monoisotopic (exact) mass is 557 g/mol. The molecule has 0 radical (unpaired) electrons. The van der Waals surface area contributed by atoms with Crippen LogP contribution in [0.15, 0.2) is 18.3 Å². The van der Waals surface area contributed by atoms with E-state index in [-0.39, 0.29) is 42.6 Å². The van der Waals surface area contributed by atoms with Gasteiger partial charge in [-0.3, -0.25) is 9.59 Å². The number of aromatic nitrogens is 2. The van der Waals surface area contributed by atoms with Crippen molar-refractivity contribution in [2.45, 2.75) is 64.9 Å². The van der Waals surface area contributed by atoms with Gasteiger partial charge in [0.15, 0.2) is 5.82 Å². The molecule has 2 aliphatic heterocycles. The molecule has 6 N–H and O–H groups in total. The van der Waals surface area contributed by atoms with Gasteiger partial charge in [0, 0.05) is 25.9 Å². The molecule has 0 unspecified atom stereocenters. The first kappa shape index (κ1) is 28.9. The molecule has 0 saturated carbocycles. The Morgan fingerprint density at radius 2 is 1.79 bits per heavy atom. The Morgan fingerprint density at radius 1 is 1.15 bits per heavy atom. The molecule has 212 valence electrons. The van der Waals surface area contributed by atoms with Crippen LogP contribution in [0.5, 0.6) is 5.75 Å². The largest absolute Gasteiger partial charge is 0.489 e. The van der Waals surface area contributed by atoms with E-state index >= 15 is 0 Å².